The Balaban J connectivity index is 1.70. The molecule has 1 fully saturated rings. The second-order valence-corrected chi connectivity index (χ2v) is 8.00. The number of hydrogen-bond donors (Lipinski definition) is 1. The first-order chi connectivity index (χ1) is 13.1. The number of aryl methyl sites for hydroxylation is 1. The standard InChI is InChI=1S/C23H29N3O/c1-16(2)26-20-10-6-5-9-18(20)23-17(3)19(11-12-21(23)26)24-22(27)15-25-13-7-4-8-14-25/h5-6,9-12,16H,4,7-8,13-15H2,1-3H3,(H,24,27). The van der Waals surface area contributed by atoms with Gasteiger partial charge in [0, 0.05) is 33.5 Å². The second-order valence-electron chi connectivity index (χ2n) is 8.00. The van der Waals surface area contributed by atoms with Crippen LogP contribution in [0.4, 0.5) is 5.69 Å². The van der Waals surface area contributed by atoms with Crippen molar-refractivity contribution in [1.29, 1.82) is 0 Å². The summed E-state index contributed by atoms with van der Waals surface area (Å²) in [4.78, 5) is 14.8. The Morgan fingerprint density at radius 3 is 2.52 bits per heavy atom. The zero-order valence-corrected chi connectivity index (χ0v) is 16.6. The van der Waals surface area contributed by atoms with Crippen LogP contribution in [0.2, 0.25) is 0 Å². The summed E-state index contributed by atoms with van der Waals surface area (Å²) in [5, 5.41) is 5.66. The highest BCUT2D eigenvalue weighted by Gasteiger charge is 2.18. The lowest BCUT2D eigenvalue weighted by Gasteiger charge is -2.25. The van der Waals surface area contributed by atoms with E-state index in [2.05, 4.69) is 72.0 Å². The molecule has 1 N–H and O–H groups in total. The molecule has 0 unspecified atom stereocenters. The topological polar surface area (TPSA) is 37.3 Å². The lowest BCUT2D eigenvalue weighted by molar-refractivity contribution is -0.117. The van der Waals surface area contributed by atoms with Crippen LogP contribution in [-0.2, 0) is 4.79 Å². The minimum Gasteiger partial charge on any atom is -0.338 e. The molecule has 4 nitrogen and oxygen atoms in total. The van der Waals surface area contributed by atoms with Gasteiger partial charge in [-0.1, -0.05) is 24.6 Å². The highest BCUT2D eigenvalue weighted by molar-refractivity contribution is 6.12. The van der Waals surface area contributed by atoms with E-state index in [1.807, 2.05) is 0 Å². The second kappa shape index (κ2) is 7.35. The van der Waals surface area contributed by atoms with Gasteiger partial charge in [-0.25, -0.2) is 0 Å². The smallest absolute Gasteiger partial charge is 0.238 e. The van der Waals surface area contributed by atoms with Gasteiger partial charge in [0.2, 0.25) is 5.91 Å². The molecule has 4 rings (SSSR count). The third kappa shape index (κ3) is 3.34. The molecule has 142 valence electrons. The Bertz CT molecular complexity index is 980. The van der Waals surface area contributed by atoms with Crippen LogP contribution in [-0.4, -0.2) is 35.0 Å². The Hall–Kier alpha value is -2.33. The summed E-state index contributed by atoms with van der Waals surface area (Å²) < 4.78 is 2.39. The van der Waals surface area contributed by atoms with E-state index in [9.17, 15) is 4.79 Å². The lowest BCUT2D eigenvalue weighted by atomic mass is 10.1. The first-order valence-electron chi connectivity index (χ1n) is 10.1. The van der Waals surface area contributed by atoms with Crippen LogP contribution >= 0.6 is 0 Å². The number of carbonyl (C=O) groups is 1. The van der Waals surface area contributed by atoms with Gasteiger partial charge in [-0.3, -0.25) is 9.69 Å². The molecule has 2 heterocycles. The molecule has 0 aliphatic carbocycles. The molecule has 0 atom stereocenters. The first kappa shape index (κ1) is 18.1. The molecule has 1 amide bonds. The van der Waals surface area contributed by atoms with Crippen LogP contribution in [0, 0.1) is 6.92 Å². The third-order valence-corrected chi connectivity index (χ3v) is 5.74. The van der Waals surface area contributed by atoms with Crippen molar-refractivity contribution in [3.8, 4) is 0 Å². The van der Waals surface area contributed by atoms with Crippen molar-refractivity contribution < 1.29 is 4.79 Å². The van der Waals surface area contributed by atoms with Gasteiger partial charge in [0.1, 0.15) is 0 Å². The van der Waals surface area contributed by atoms with Crippen molar-refractivity contribution in [2.75, 3.05) is 25.0 Å². The maximum atomic E-state index is 12.6. The molecule has 1 aliphatic rings. The number of nitrogens with one attached hydrogen (secondary N) is 1. The van der Waals surface area contributed by atoms with Crippen LogP contribution in [0.15, 0.2) is 36.4 Å². The van der Waals surface area contributed by atoms with Gasteiger partial charge in [-0.15, -0.1) is 0 Å². The molecule has 1 saturated heterocycles. The molecule has 0 bridgehead atoms. The van der Waals surface area contributed by atoms with Gasteiger partial charge >= 0.3 is 0 Å². The number of para-hydroxylation sites is 1. The number of piperidine rings is 1. The van der Waals surface area contributed by atoms with E-state index in [1.54, 1.807) is 0 Å². The fourth-order valence-corrected chi connectivity index (χ4v) is 4.47. The zero-order chi connectivity index (χ0) is 19.0. The quantitative estimate of drug-likeness (QED) is 0.699. The van der Waals surface area contributed by atoms with Crippen molar-refractivity contribution in [3.63, 3.8) is 0 Å². The van der Waals surface area contributed by atoms with Crippen molar-refractivity contribution in [2.24, 2.45) is 0 Å². The molecule has 0 saturated carbocycles. The number of benzene rings is 2. The summed E-state index contributed by atoms with van der Waals surface area (Å²) in [5.74, 6) is 0.0898. The zero-order valence-electron chi connectivity index (χ0n) is 16.6. The molecule has 27 heavy (non-hydrogen) atoms. The Morgan fingerprint density at radius 2 is 1.78 bits per heavy atom. The van der Waals surface area contributed by atoms with Crippen molar-refractivity contribution in [1.82, 2.24) is 9.47 Å². The fourth-order valence-electron chi connectivity index (χ4n) is 4.47. The van der Waals surface area contributed by atoms with E-state index in [1.165, 1.54) is 41.1 Å². The first-order valence-corrected chi connectivity index (χ1v) is 10.1. The predicted molar refractivity (Wildman–Crippen MR) is 113 cm³/mol. The summed E-state index contributed by atoms with van der Waals surface area (Å²) in [6.45, 7) is 9.12. The van der Waals surface area contributed by atoms with Gasteiger partial charge in [-0.05, 0) is 70.5 Å². The monoisotopic (exact) mass is 363 g/mol. The molecular weight excluding hydrogens is 334 g/mol. The van der Waals surface area contributed by atoms with Crippen LogP contribution in [0.1, 0.15) is 44.7 Å². The molecule has 3 aromatic rings. The van der Waals surface area contributed by atoms with Crippen LogP contribution in [0.25, 0.3) is 21.8 Å². The normalized spacial score (nSPS) is 15.7. The number of anilines is 1. The third-order valence-electron chi connectivity index (χ3n) is 5.74. The Kier molecular flexibility index (Phi) is 4.92. The minimum absolute atomic E-state index is 0.0898. The van der Waals surface area contributed by atoms with Gasteiger partial charge in [0.25, 0.3) is 0 Å². The van der Waals surface area contributed by atoms with Crippen LogP contribution in [0.3, 0.4) is 0 Å². The average molecular weight is 364 g/mol. The number of hydrogen-bond acceptors (Lipinski definition) is 2. The van der Waals surface area contributed by atoms with E-state index in [0.29, 0.717) is 12.6 Å². The summed E-state index contributed by atoms with van der Waals surface area (Å²) in [6.07, 6.45) is 3.69. The fraction of sp³-hybridized carbons (Fsp3) is 0.435. The maximum Gasteiger partial charge on any atom is 0.238 e. The highest BCUT2D eigenvalue weighted by Crippen LogP contribution is 2.36. The lowest BCUT2D eigenvalue weighted by Crippen LogP contribution is -2.36. The van der Waals surface area contributed by atoms with Crippen molar-refractivity contribution in [2.45, 2.75) is 46.1 Å². The van der Waals surface area contributed by atoms with Gasteiger partial charge in [-0.2, -0.15) is 0 Å². The van der Waals surface area contributed by atoms with E-state index >= 15 is 0 Å². The van der Waals surface area contributed by atoms with E-state index in [4.69, 9.17) is 0 Å². The number of carbonyl (C=O) groups excluding carboxylic acids is 1. The Morgan fingerprint density at radius 1 is 1.04 bits per heavy atom. The van der Waals surface area contributed by atoms with Crippen LogP contribution < -0.4 is 5.32 Å². The molecule has 0 spiro atoms. The number of amides is 1. The van der Waals surface area contributed by atoms with Crippen molar-refractivity contribution >= 4 is 33.4 Å². The van der Waals surface area contributed by atoms with Crippen molar-refractivity contribution in [3.05, 3.63) is 42.0 Å². The average Bonchev–Trinajstić information content (AvgIpc) is 3.00. The summed E-state index contributed by atoms with van der Waals surface area (Å²) in [5.41, 5.74) is 4.56. The molecular formula is C23H29N3O. The Labute approximate surface area is 161 Å². The van der Waals surface area contributed by atoms with E-state index in [0.717, 1.165) is 24.3 Å². The van der Waals surface area contributed by atoms with E-state index in [-0.39, 0.29) is 5.91 Å². The summed E-state index contributed by atoms with van der Waals surface area (Å²) >= 11 is 0. The van der Waals surface area contributed by atoms with Gasteiger partial charge in [0.05, 0.1) is 6.54 Å². The molecule has 1 aliphatic heterocycles. The SMILES string of the molecule is Cc1c(NC(=O)CN2CCCCC2)ccc2c1c1ccccc1n2C(C)C. The van der Waals surface area contributed by atoms with E-state index < -0.39 is 0 Å². The van der Waals surface area contributed by atoms with Gasteiger partial charge in [0.15, 0.2) is 0 Å². The molecule has 1 aromatic heterocycles. The molecule has 0 radical (unpaired) electrons. The number of likely N-dealkylation sites (tertiary alicyclic amines) is 1. The number of rotatable bonds is 4. The summed E-state index contributed by atoms with van der Waals surface area (Å²) in [7, 11) is 0. The molecule has 2 aromatic carbocycles. The molecule has 4 heteroatoms. The van der Waals surface area contributed by atoms with Gasteiger partial charge < -0.3 is 9.88 Å². The van der Waals surface area contributed by atoms with Crippen LogP contribution in [0.5, 0.6) is 0 Å². The predicted octanol–water partition coefficient (Wildman–Crippen LogP) is 5.11. The highest BCUT2D eigenvalue weighted by atomic mass is 16.2. The number of fused-ring (bicyclic) bond motifs is 3. The largest absolute Gasteiger partial charge is 0.338 e. The summed E-state index contributed by atoms with van der Waals surface area (Å²) in [6, 6.07) is 13.1. The number of aromatic nitrogens is 1. The maximum absolute atomic E-state index is 12.6. The number of nitrogens with zero attached hydrogens (tertiary/aromatic N) is 2. The minimum atomic E-state index is 0.0898.